The third kappa shape index (κ3) is 5.04. The van der Waals surface area contributed by atoms with Crippen molar-refractivity contribution in [2.75, 3.05) is 27.3 Å². The molecule has 0 aliphatic carbocycles. The van der Waals surface area contributed by atoms with Crippen LogP contribution in [0.25, 0.3) is 0 Å². The van der Waals surface area contributed by atoms with E-state index in [1.165, 1.54) is 5.56 Å². The zero-order valence-electron chi connectivity index (χ0n) is 20.3. The quantitative estimate of drug-likeness (QED) is 0.565. The summed E-state index contributed by atoms with van der Waals surface area (Å²) >= 11 is 0. The highest BCUT2D eigenvalue weighted by Gasteiger charge is 2.47. The van der Waals surface area contributed by atoms with Crippen LogP contribution in [0.4, 0.5) is 0 Å². The van der Waals surface area contributed by atoms with Gasteiger partial charge in [0.25, 0.3) is 5.91 Å². The zero-order valence-corrected chi connectivity index (χ0v) is 20.3. The highest BCUT2D eigenvalue weighted by atomic mass is 16.5. The molecule has 2 aromatic carbocycles. The van der Waals surface area contributed by atoms with Crippen molar-refractivity contribution in [2.24, 2.45) is 0 Å². The number of methoxy groups -OCH3 is 2. The Morgan fingerprint density at radius 3 is 2.29 bits per heavy atom. The summed E-state index contributed by atoms with van der Waals surface area (Å²) in [4.78, 5) is 20.1. The first-order valence-corrected chi connectivity index (χ1v) is 12.0. The molecule has 1 atom stereocenters. The number of rotatable bonds is 7. The smallest absolute Gasteiger partial charge is 0.251 e. The van der Waals surface area contributed by atoms with Gasteiger partial charge in [0, 0.05) is 38.6 Å². The van der Waals surface area contributed by atoms with Gasteiger partial charge in [0.2, 0.25) is 0 Å². The first-order chi connectivity index (χ1) is 17.1. The molecule has 3 aromatic rings. The summed E-state index contributed by atoms with van der Waals surface area (Å²) in [7, 11) is 3.32. The molecule has 0 radical (unpaired) electrons. The lowest BCUT2D eigenvalue weighted by molar-refractivity contribution is -0.174. The molecule has 5 rings (SSSR count). The fourth-order valence-electron chi connectivity index (χ4n) is 4.98. The van der Waals surface area contributed by atoms with Crippen molar-refractivity contribution in [3.63, 3.8) is 0 Å². The second-order valence-electron chi connectivity index (χ2n) is 9.19. The van der Waals surface area contributed by atoms with Crippen LogP contribution in [0.1, 0.15) is 29.8 Å². The molecule has 8 heteroatoms. The number of nitrogens with one attached hydrogen (secondary N) is 1. The van der Waals surface area contributed by atoms with Crippen molar-refractivity contribution in [1.29, 1.82) is 0 Å². The molecule has 1 aromatic heterocycles. The molecule has 0 unspecified atom stereocenters. The molecule has 184 valence electrons. The van der Waals surface area contributed by atoms with E-state index >= 15 is 0 Å². The molecule has 0 bridgehead atoms. The third-order valence-corrected chi connectivity index (χ3v) is 7.00. The number of piperidine rings is 1. The summed E-state index contributed by atoms with van der Waals surface area (Å²) in [5, 5.41) is 3.04. The van der Waals surface area contributed by atoms with Gasteiger partial charge in [-0.05, 0) is 48.2 Å². The first kappa shape index (κ1) is 23.4. The lowest BCUT2D eigenvalue weighted by Gasteiger charge is -2.45. The van der Waals surface area contributed by atoms with Gasteiger partial charge in [-0.1, -0.05) is 24.3 Å². The van der Waals surface area contributed by atoms with Gasteiger partial charge in [-0.3, -0.25) is 9.69 Å². The first-order valence-electron chi connectivity index (χ1n) is 12.0. The maximum atomic E-state index is 13.1. The van der Waals surface area contributed by atoms with Gasteiger partial charge in [-0.25, -0.2) is 4.98 Å². The number of nitrogens with zero attached hydrogens (tertiary/aromatic N) is 3. The Balaban J connectivity index is 1.22. The van der Waals surface area contributed by atoms with Gasteiger partial charge in [-0.15, -0.1) is 0 Å². The maximum Gasteiger partial charge on any atom is 0.251 e. The Hall–Kier alpha value is -3.36. The molecular formula is C27H32N4O4. The summed E-state index contributed by atoms with van der Waals surface area (Å²) in [5.74, 6) is 2.50. The highest BCUT2D eigenvalue weighted by molar-refractivity contribution is 5.81. The molecule has 1 amide bonds. The molecule has 3 heterocycles. The number of benzene rings is 2. The summed E-state index contributed by atoms with van der Waals surface area (Å²) in [6.07, 6.45) is 4.79. The molecule has 35 heavy (non-hydrogen) atoms. The second kappa shape index (κ2) is 10.1. The summed E-state index contributed by atoms with van der Waals surface area (Å²) in [6.45, 7) is 3.54. The van der Waals surface area contributed by atoms with Crippen LogP contribution in [-0.4, -0.2) is 53.8 Å². The minimum absolute atomic E-state index is 0.0970. The van der Waals surface area contributed by atoms with E-state index < -0.39 is 11.7 Å². The number of amides is 1. The van der Waals surface area contributed by atoms with Crippen LogP contribution in [0.2, 0.25) is 0 Å². The van der Waals surface area contributed by atoms with Crippen molar-refractivity contribution >= 4 is 5.91 Å². The Morgan fingerprint density at radius 2 is 1.66 bits per heavy atom. The molecule has 1 spiro atoms. The second-order valence-corrected chi connectivity index (χ2v) is 9.19. The summed E-state index contributed by atoms with van der Waals surface area (Å²) in [6, 6.07) is 15.9. The van der Waals surface area contributed by atoms with Gasteiger partial charge >= 0.3 is 0 Å². The van der Waals surface area contributed by atoms with Crippen molar-refractivity contribution in [2.45, 2.75) is 44.2 Å². The van der Waals surface area contributed by atoms with Gasteiger partial charge in [0.05, 0.1) is 20.8 Å². The van der Waals surface area contributed by atoms with E-state index in [1.807, 2.05) is 48.8 Å². The number of likely N-dealkylation sites (tertiary alicyclic amines) is 1. The highest BCUT2D eigenvalue weighted by Crippen LogP contribution is 2.40. The molecule has 2 aliphatic heterocycles. The van der Waals surface area contributed by atoms with Gasteiger partial charge in [0.1, 0.15) is 22.9 Å². The fraction of sp³-hybridized carbons (Fsp3) is 0.407. The van der Waals surface area contributed by atoms with Gasteiger partial charge < -0.3 is 24.1 Å². The standard InChI is InChI=1S/C27H32N4O4/c1-33-22-7-3-20(4-8-22)17-29-25(32)24-19-31-16-13-28-26(31)27(35-24)11-14-30(15-12-27)18-21-5-9-23(34-2)10-6-21/h3-10,13,16,24H,11-12,14-15,17-19H2,1-2H3,(H,29,32)/t24-/m1/s1. The third-order valence-electron chi connectivity index (χ3n) is 7.00. The Bertz CT molecular complexity index is 1130. The number of hydrogen-bond donors (Lipinski definition) is 1. The van der Waals surface area contributed by atoms with E-state index in [9.17, 15) is 4.79 Å². The number of ether oxygens (including phenoxy) is 3. The summed E-state index contributed by atoms with van der Waals surface area (Å²) < 4.78 is 19.1. The molecule has 8 nitrogen and oxygen atoms in total. The molecule has 0 saturated carbocycles. The van der Waals surface area contributed by atoms with Crippen LogP contribution in [0.3, 0.4) is 0 Å². The van der Waals surface area contributed by atoms with Crippen LogP contribution in [0, 0.1) is 0 Å². The van der Waals surface area contributed by atoms with Crippen LogP contribution in [0.15, 0.2) is 60.9 Å². The fourth-order valence-corrected chi connectivity index (χ4v) is 4.98. The largest absolute Gasteiger partial charge is 0.497 e. The molecule has 1 saturated heterocycles. The number of carbonyl (C=O) groups is 1. The Labute approximate surface area is 205 Å². The van der Waals surface area contributed by atoms with E-state index in [2.05, 4.69) is 31.9 Å². The predicted octanol–water partition coefficient (Wildman–Crippen LogP) is 3.11. The average Bonchev–Trinajstić information content (AvgIpc) is 3.39. The molecule has 2 aliphatic rings. The normalized spacial score (nSPS) is 19.2. The van der Waals surface area contributed by atoms with Crippen molar-refractivity contribution in [1.82, 2.24) is 19.8 Å². The van der Waals surface area contributed by atoms with E-state index in [1.54, 1.807) is 14.2 Å². The number of hydrogen-bond acceptors (Lipinski definition) is 6. The lowest BCUT2D eigenvalue weighted by Crippen LogP contribution is -2.53. The minimum Gasteiger partial charge on any atom is -0.497 e. The Morgan fingerprint density at radius 1 is 1.03 bits per heavy atom. The minimum atomic E-state index is -0.553. The SMILES string of the molecule is COc1ccc(CNC(=O)[C@H]2Cn3ccnc3C3(CCN(Cc4ccc(OC)cc4)CC3)O2)cc1. The number of fused-ring (bicyclic) bond motifs is 2. The van der Waals surface area contributed by atoms with E-state index in [0.717, 1.165) is 55.4 Å². The van der Waals surface area contributed by atoms with Crippen LogP contribution >= 0.6 is 0 Å². The Kier molecular flexibility index (Phi) is 6.74. The van der Waals surface area contributed by atoms with E-state index in [0.29, 0.717) is 13.1 Å². The van der Waals surface area contributed by atoms with Crippen molar-refractivity contribution in [3.05, 3.63) is 77.9 Å². The summed E-state index contributed by atoms with van der Waals surface area (Å²) in [5.41, 5.74) is 1.73. The van der Waals surface area contributed by atoms with Crippen LogP contribution < -0.4 is 14.8 Å². The van der Waals surface area contributed by atoms with Crippen molar-refractivity contribution in [3.8, 4) is 11.5 Å². The zero-order chi connectivity index (χ0) is 24.3. The van der Waals surface area contributed by atoms with Crippen LogP contribution in [0.5, 0.6) is 11.5 Å². The maximum absolute atomic E-state index is 13.1. The number of aromatic nitrogens is 2. The lowest BCUT2D eigenvalue weighted by atomic mass is 9.88. The van der Waals surface area contributed by atoms with E-state index in [-0.39, 0.29) is 5.91 Å². The number of imidazole rings is 1. The number of carbonyl (C=O) groups excluding carboxylic acids is 1. The van der Waals surface area contributed by atoms with Gasteiger partial charge in [0.15, 0.2) is 6.10 Å². The van der Waals surface area contributed by atoms with Gasteiger partial charge in [-0.2, -0.15) is 0 Å². The van der Waals surface area contributed by atoms with E-state index in [4.69, 9.17) is 14.2 Å². The molecular weight excluding hydrogens is 444 g/mol. The molecule has 1 N–H and O–H groups in total. The molecule has 1 fully saturated rings. The average molecular weight is 477 g/mol. The monoisotopic (exact) mass is 476 g/mol. The topological polar surface area (TPSA) is 77.9 Å². The predicted molar refractivity (Wildman–Crippen MR) is 131 cm³/mol. The van der Waals surface area contributed by atoms with Crippen LogP contribution in [-0.2, 0) is 34.8 Å². The van der Waals surface area contributed by atoms with Crippen molar-refractivity contribution < 1.29 is 19.0 Å².